The molecular formula is C64H79N9S. The Hall–Kier alpha value is -6.75. The maximum atomic E-state index is 5.15. The van der Waals surface area contributed by atoms with Crippen LogP contribution in [0.2, 0.25) is 0 Å². The lowest BCUT2D eigenvalue weighted by atomic mass is 9.92. The number of pyridine rings is 1. The first-order valence-corrected chi connectivity index (χ1v) is 27.8. The van der Waals surface area contributed by atoms with Crippen LogP contribution in [-0.2, 0) is 26.4 Å². The molecule has 4 aromatic carbocycles. The van der Waals surface area contributed by atoms with Crippen LogP contribution in [0, 0.1) is 18.8 Å². The smallest absolute Gasteiger partial charge is 0.188 e. The highest BCUT2D eigenvalue weighted by Gasteiger charge is 2.25. The molecule has 1 aliphatic carbocycles. The first-order chi connectivity index (χ1) is 36.0. The molecule has 2 aliphatic heterocycles. The fourth-order valence-corrected chi connectivity index (χ4v) is 11.4. The van der Waals surface area contributed by atoms with Gasteiger partial charge in [-0.05, 0) is 153 Å². The third kappa shape index (κ3) is 12.8. The number of nitrogens with one attached hydrogen (secondary N) is 3. The zero-order valence-electron chi connectivity index (χ0n) is 45.1. The normalized spacial score (nSPS) is 15.0. The van der Waals surface area contributed by atoms with E-state index in [1.54, 1.807) is 11.3 Å². The molecule has 0 radical (unpaired) electrons. The Morgan fingerprint density at radius 2 is 1.65 bits per heavy atom. The van der Waals surface area contributed by atoms with Gasteiger partial charge in [-0.15, -0.1) is 6.58 Å². The quantitative estimate of drug-likeness (QED) is 0.0691. The standard InChI is InChI=1S/C37H36N4S.C25H37N5.C2H6/c1-4-33-31(29-11-7-9-27(24(29)2)18-17-26-15-16-26)19-20-36(39-33)41-22-21-28-10-8-12-30(32(28)23-41)25(3)38-37-40-34-13-5-6-14-35(34)42-37;1-7-8-9-22(20(4)26-5)25-23-11-10-21(16-24(23)29(6)28-25)27-19(3)17-30-14-12-18(2)13-15-30;1-2/h4-14,19-20,26H,1,3,15-18,21-23H2,2H3,(H,38,40);7,10-11,16,18,22,26-27H,1,3-4,8-9,12-15,17H2,2,5-6H3;1-2H3. The Morgan fingerprint density at radius 1 is 0.865 bits per heavy atom. The van der Waals surface area contributed by atoms with Gasteiger partial charge in [0.2, 0.25) is 0 Å². The maximum Gasteiger partial charge on any atom is 0.188 e. The second-order valence-corrected chi connectivity index (χ2v) is 21.2. The lowest BCUT2D eigenvalue weighted by molar-refractivity contribution is 0.207. The van der Waals surface area contributed by atoms with Crippen molar-refractivity contribution in [3.63, 3.8) is 0 Å². The number of rotatable bonds is 19. The summed E-state index contributed by atoms with van der Waals surface area (Å²) in [6, 6.07) is 32.4. The van der Waals surface area contributed by atoms with Gasteiger partial charge in [0.25, 0.3) is 0 Å². The second-order valence-electron chi connectivity index (χ2n) is 20.2. The van der Waals surface area contributed by atoms with E-state index in [2.05, 4.69) is 145 Å². The molecule has 74 heavy (non-hydrogen) atoms. The Labute approximate surface area is 445 Å². The van der Waals surface area contributed by atoms with E-state index in [1.165, 1.54) is 70.0 Å². The summed E-state index contributed by atoms with van der Waals surface area (Å²) in [6.45, 7) is 34.4. The van der Waals surface area contributed by atoms with Crippen molar-refractivity contribution in [3.8, 4) is 11.1 Å². The summed E-state index contributed by atoms with van der Waals surface area (Å²) in [4.78, 5) is 14.8. The van der Waals surface area contributed by atoms with Crippen LogP contribution in [0.4, 0.5) is 16.6 Å². The topological polar surface area (TPSA) is 86.2 Å². The first kappa shape index (κ1) is 53.5. The van der Waals surface area contributed by atoms with Gasteiger partial charge in [-0.3, -0.25) is 9.58 Å². The van der Waals surface area contributed by atoms with Gasteiger partial charge in [0.15, 0.2) is 5.13 Å². The number of benzene rings is 4. The molecule has 3 aromatic heterocycles. The van der Waals surface area contributed by atoms with Crippen LogP contribution < -0.4 is 20.9 Å². The number of likely N-dealkylation sites (N-methyl/N-ethyl adjacent to an activating group) is 1. The zero-order chi connectivity index (χ0) is 52.3. The van der Waals surface area contributed by atoms with Crippen molar-refractivity contribution < 1.29 is 0 Å². The Bertz CT molecular complexity index is 3080. The van der Waals surface area contributed by atoms with Crippen molar-refractivity contribution >= 4 is 60.9 Å². The van der Waals surface area contributed by atoms with E-state index in [4.69, 9.17) is 15.1 Å². The monoisotopic (exact) mass is 1010 g/mol. The molecule has 3 aliphatic rings. The highest BCUT2D eigenvalue weighted by atomic mass is 32.1. The second kappa shape index (κ2) is 25.0. The Morgan fingerprint density at radius 3 is 2.39 bits per heavy atom. The highest BCUT2D eigenvalue weighted by molar-refractivity contribution is 7.22. The van der Waals surface area contributed by atoms with Crippen LogP contribution in [0.1, 0.15) is 111 Å². The molecule has 0 bridgehead atoms. The predicted octanol–water partition coefficient (Wildman–Crippen LogP) is 15.3. The van der Waals surface area contributed by atoms with Crippen LogP contribution >= 0.6 is 11.3 Å². The summed E-state index contributed by atoms with van der Waals surface area (Å²) in [7, 11) is 3.93. The molecule has 9 nitrogen and oxygen atoms in total. The average Bonchev–Trinajstić information content (AvgIpc) is 4.08. The van der Waals surface area contributed by atoms with Crippen molar-refractivity contribution in [2.45, 2.75) is 97.9 Å². The molecule has 2 fully saturated rings. The Kier molecular flexibility index (Phi) is 18.1. The number of hydrogen-bond acceptors (Lipinski definition) is 9. The van der Waals surface area contributed by atoms with Crippen molar-refractivity contribution in [3.05, 3.63) is 181 Å². The maximum absolute atomic E-state index is 5.15. The van der Waals surface area contributed by atoms with Crippen LogP contribution in [0.5, 0.6) is 0 Å². The number of thiazole rings is 1. The summed E-state index contributed by atoms with van der Waals surface area (Å²) in [5.41, 5.74) is 17.1. The van der Waals surface area contributed by atoms with Gasteiger partial charge in [0.1, 0.15) is 5.82 Å². The largest absolute Gasteiger partial charge is 0.391 e. The molecule has 386 valence electrons. The molecule has 1 saturated heterocycles. The molecule has 1 saturated carbocycles. The number of piperidine rings is 1. The van der Waals surface area contributed by atoms with Crippen molar-refractivity contribution in [2.75, 3.05) is 48.8 Å². The number of allylic oxidation sites excluding steroid dienone is 2. The first-order valence-electron chi connectivity index (χ1n) is 27.0. The molecule has 3 N–H and O–H groups in total. The molecule has 5 heterocycles. The van der Waals surface area contributed by atoms with Gasteiger partial charge < -0.3 is 20.9 Å². The van der Waals surface area contributed by atoms with E-state index in [0.29, 0.717) is 0 Å². The van der Waals surface area contributed by atoms with Crippen molar-refractivity contribution in [1.29, 1.82) is 0 Å². The van der Waals surface area contributed by atoms with E-state index in [-0.39, 0.29) is 5.92 Å². The summed E-state index contributed by atoms with van der Waals surface area (Å²) in [6.07, 6.45) is 14.5. The molecule has 0 amide bonds. The molecular weight excluding hydrogens is 927 g/mol. The third-order valence-electron chi connectivity index (χ3n) is 15.1. The highest BCUT2D eigenvalue weighted by Crippen LogP contribution is 2.38. The summed E-state index contributed by atoms with van der Waals surface area (Å²) < 4.78 is 3.14. The van der Waals surface area contributed by atoms with E-state index in [9.17, 15) is 0 Å². The molecule has 1 atom stereocenters. The SMILES string of the molecule is C=CCCC(C(=C)NC)c1nn(C)c2cc(NC(=C)CN3CCC(C)CC3)ccc12.C=Cc1nc(N2CCc3cccc(C(=C)Nc4nc5ccccc5s4)c3C2)ccc1-c1cccc(CCC2CC2)c1C.CC. The fraction of sp³-hybridized carbons (Fsp3) is 0.359. The number of nitrogens with zero attached hydrogens (tertiary/aromatic N) is 6. The van der Waals surface area contributed by atoms with E-state index >= 15 is 0 Å². The number of aromatic nitrogens is 4. The molecule has 7 aromatic rings. The van der Waals surface area contributed by atoms with E-state index in [0.717, 1.165) is 138 Å². The Balaban J connectivity index is 0.000000202. The minimum Gasteiger partial charge on any atom is -0.391 e. The lowest BCUT2D eigenvalue weighted by Gasteiger charge is -2.32. The number of fused-ring (bicyclic) bond motifs is 3. The van der Waals surface area contributed by atoms with Crippen molar-refractivity contribution in [1.82, 2.24) is 30.0 Å². The summed E-state index contributed by atoms with van der Waals surface area (Å²) in [5, 5.41) is 17.1. The van der Waals surface area contributed by atoms with Crippen LogP contribution in [0.3, 0.4) is 0 Å². The van der Waals surface area contributed by atoms with Crippen LogP contribution in [0.25, 0.3) is 44.0 Å². The van der Waals surface area contributed by atoms with E-state index < -0.39 is 0 Å². The van der Waals surface area contributed by atoms with Gasteiger partial charge in [-0.2, -0.15) is 5.10 Å². The lowest BCUT2D eigenvalue weighted by Crippen LogP contribution is -2.35. The molecule has 0 spiro atoms. The van der Waals surface area contributed by atoms with Gasteiger partial charge >= 0.3 is 0 Å². The number of para-hydroxylation sites is 1. The minimum atomic E-state index is 0.159. The zero-order valence-corrected chi connectivity index (χ0v) is 45.9. The van der Waals surface area contributed by atoms with Crippen LogP contribution in [0.15, 0.2) is 141 Å². The third-order valence-corrected chi connectivity index (χ3v) is 16.0. The number of likely N-dealkylation sites (tertiary alicyclic amines) is 1. The van der Waals surface area contributed by atoms with Gasteiger partial charge in [0, 0.05) is 78.9 Å². The van der Waals surface area contributed by atoms with Gasteiger partial charge in [-0.25, -0.2) is 9.97 Å². The fourth-order valence-electron chi connectivity index (χ4n) is 10.5. The molecule has 10 heteroatoms. The van der Waals surface area contributed by atoms with E-state index in [1.807, 2.05) is 63.0 Å². The summed E-state index contributed by atoms with van der Waals surface area (Å²) in [5.74, 6) is 2.93. The van der Waals surface area contributed by atoms with Crippen molar-refractivity contribution in [2.24, 2.45) is 18.9 Å². The molecule has 1 unspecified atom stereocenters. The number of aryl methyl sites for hydroxylation is 2. The van der Waals surface area contributed by atoms with Gasteiger partial charge in [-0.1, -0.05) is 126 Å². The summed E-state index contributed by atoms with van der Waals surface area (Å²) >= 11 is 1.65. The number of hydrogen-bond donors (Lipinski definition) is 3. The van der Waals surface area contributed by atoms with Crippen LogP contribution in [-0.4, -0.2) is 57.9 Å². The average molecular weight is 1010 g/mol. The number of anilines is 3. The van der Waals surface area contributed by atoms with Gasteiger partial charge in [0.05, 0.1) is 27.1 Å². The minimum absolute atomic E-state index is 0.159. The molecule has 10 rings (SSSR count). The predicted molar refractivity (Wildman–Crippen MR) is 319 cm³/mol.